The predicted molar refractivity (Wildman–Crippen MR) is 103 cm³/mol. The number of nitrogens with zero attached hydrogens (tertiary/aromatic N) is 5. The molecule has 4 rings (SSSR count). The molecule has 6 heteroatoms. The number of aromatic nitrogens is 4. The number of likely N-dealkylation sites (tertiary alicyclic amines) is 1. The number of hydrogen-bond donors (Lipinski definition) is 0. The van der Waals surface area contributed by atoms with Crippen molar-refractivity contribution in [3.05, 3.63) is 65.3 Å². The van der Waals surface area contributed by atoms with Crippen molar-refractivity contribution in [1.82, 2.24) is 24.6 Å². The minimum absolute atomic E-state index is 0.465. The summed E-state index contributed by atoms with van der Waals surface area (Å²) in [6.45, 7) is 3.11. The van der Waals surface area contributed by atoms with Crippen LogP contribution in [0.1, 0.15) is 30.0 Å². The van der Waals surface area contributed by atoms with E-state index < -0.39 is 0 Å². The largest absolute Gasteiger partial charge is 0.299 e. The van der Waals surface area contributed by atoms with E-state index in [9.17, 15) is 0 Å². The van der Waals surface area contributed by atoms with Crippen LogP contribution in [-0.4, -0.2) is 37.7 Å². The van der Waals surface area contributed by atoms with Crippen molar-refractivity contribution in [3.63, 3.8) is 0 Å². The molecule has 0 unspecified atom stereocenters. The normalized spacial score (nSPS) is 16.1. The minimum atomic E-state index is 0.465. The highest BCUT2D eigenvalue weighted by molar-refractivity contribution is 6.30. The quantitative estimate of drug-likeness (QED) is 0.701. The highest BCUT2D eigenvalue weighted by Crippen LogP contribution is 2.29. The van der Waals surface area contributed by atoms with Gasteiger partial charge < -0.3 is 0 Å². The standard InChI is InChI=1S/C20H22ClN5/c1-25-13-15(10-23-25)14-26-7-5-16(6-8-26)19-11-22-12-20(24-19)17-3-2-4-18(21)9-17/h2-4,9-13,16H,5-8,14H2,1H3. The minimum Gasteiger partial charge on any atom is -0.299 e. The molecule has 0 amide bonds. The van der Waals surface area contributed by atoms with Gasteiger partial charge in [-0.25, -0.2) is 4.98 Å². The maximum Gasteiger partial charge on any atom is 0.0889 e. The maximum absolute atomic E-state index is 6.11. The van der Waals surface area contributed by atoms with Gasteiger partial charge in [0.15, 0.2) is 0 Å². The van der Waals surface area contributed by atoms with Crippen LogP contribution in [0, 0.1) is 0 Å². The van der Waals surface area contributed by atoms with Gasteiger partial charge in [-0.05, 0) is 38.1 Å². The second kappa shape index (κ2) is 7.56. The topological polar surface area (TPSA) is 46.8 Å². The van der Waals surface area contributed by atoms with E-state index in [4.69, 9.17) is 16.6 Å². The van der Waals surface area contributed by atoms with Gasteiger partial charge in [0.2, 0.25) is 0 Å². The van der Waals surface area contributed by atoms with Crippen molar-refractivity contribution in [2.24, 2.45) is 7.05 Å². The van der Waals surface area contributed by atoms with E-state index in [2.05, 4.69) is 21.2 Å². The molecule has 0 saturated carbocycles. The van der Waals surface area contributed by atoms with Crippen LogP contribution in [0.3, 0.4) is 0 Å². The van der Waals surface area contributed by atoms with Crippen molar-refractivity contribution in [1.29, 1.82) is 0 Å². The van der Waals surface area contributed by atoms with Crippen LogP contribution in [0.25, 0.3) is 11.3 Å². The molecule has 1 aromatic carbocycles. The first kappa shape index (κ1) is 17.2. The summed E-state index contributed by atoms with van der Waals surface area (Å²) in [4.78, 5) is 11.8. The lowest BCUT2D eigenvalue weighted by atomic mass is 9.93. The first-order chi connectivity index (χ1) is 12.7. The molecule has 2 aromatic heterocycles. The van der Waals surface area contributed by atoms with Gasteiger partial charge >= 0.3 is 0 Å². The van der Waals surface area contributed by atoms with Gasteiger partial charge in [-0.1, -0.05) is 23.7 Å². The van der Waals surface area contributed by atoms with E-state index in [0.717, 1.165) is 54.4 Å². The van der Waals surface area contributed by atoms with Gasteiger partial charge in [0.1, 0.15) is 0 Å². The summed E-state index contributed by atoms with van der Waals surface area (Å²) in [5.41, 5.74) is 4.26. The molecular weight excluding hydrogens is 346 g/mol. The second-order valence-corrected chi connectivity index (χ2v) is 7.35. The van der Waals surface area contributed by atoms with Gasteiger partial charge in [-0.3, -0.25) is 14.6 Å². The molecule has 5 nitrogen and oxygen atoms in total. The fourth-order valence-corrected chi connectivity index (χ4v) is 3.75. The number of aryl methyl sites for hydroxylation is 1. The fraction of sp³-hybridized carbons (Fsp3) is 0.350. The Bertz CT molecular complexity index is 883. The van der Waals surface area contributed by atoms with Crippen LogP contribution in [0.15, 0.2) is 49.1 Å². The average molecular weight is 368 g/mol. The molecule has 0 radical (unpaired) electrons. The summed E-state index contributed by atoms with van der Waals surface area (Å²) in [6, 6.07) is 7.78. The third kappa shape index (κ3) is 3.94. The summed E-state index contributed by atoms with van der Waals surface area (Å²) in [5, 5.41) is 4.97. The van der Waals surface area contributed by atoms with Gasteiger partial charge in [0.25, 0.3) is 0 Å². The van der Waals surface area contributed by atoms with Crippen LogP contribution < -0.4 is 0 Å². The Morgan fingerprint density at radius 2 is 2.00 bits per heavy atom. The van der Waals surface area contributed by atoms with Gasteiger partial charge in [0.05, 0.1) is 23.8 Å². The summed E-state index contributed by atoms with van der Waals surface area (Å²) in [6.07, 6.45) is 9.97. The van der Waals surface area contributed by atoms with E-state index in [1.807, 2.05) is 54.6 Å². The molecule has 0 bridgehead atoms. The molecule has 1 saturated heterocycles. The van der Waals surface area contributed by atoms with Crippen molar-refractivity contribution in [2.45, 2.75) is 25.3 Å². The first-order valence-electron chi connectivity index (χ1n) is 8.95. The lowest BCUT2D eigenvalue weighted by Crippen LogP contribution is -2.32. The zero-order valence-corrected chi connectivity index (χ0v) is 15.6. The molecular formula is C20H22ClN5. The van der Waals surface area contributed by atoms with E-state index in [1.165, 1.54) is 5.56 Å². The zero-order valence-electron chi connectivity index (χ0n) is 14.8. The van der Waals surface area contributed by atoms with Crippen LogP contribution >= 0.6 is 11.6 Å². The molecule has 134 valence electrons. The van der Waals surface area contributed by atoms with E-state index in [1.54, 1.807) is 0 Å². The van der Waals surface area contributed by atoms with Crippen LogP contribution in [0.5, 0.6) is 0 Å². The lowest BCUT2D eigenvalue weighted by molar-refractivity contribution is 0.203. The smallest absolute Gasteiger partial charge is 0.0889 e. The third-order valence-corrected chi connectivity index (χ3v) is 5.18. The van der Waals surface area contributed by atoms with E-state index >= 15 is 0 Å². The monoisotopic (exact) mass is 367 g/mol. The first-order valence-corrected chi connectivity index (χ1v) is 9.33. The third-order valence-electron chi connectivity index (χ3n) is 4.94. The molecule has 0 aliphatic carbocycles. The van der Waals surface area contributed by atoms with Crippen LogP contribution in [0.4, 0.5) is 0 Å². The Labute approximate surface area is 158 Å². The van der Waals surface area contributed by atoms with E-state index in [-0.39, 0.29) is 0 Å². The molecule has 1 aliphatic heterocycles. The number of piperidine rings is 1. The lowest BCUT2D eigenvalue weighted by Gasteiger charge is -2.31. The van der Waals surface area contributed by atoms with Gasteiger partial charge in [0, 0.05) is 48.1 Å². The number of halogens is 1. The molecule has 0 atom stereocenters. The highest BCUT2D eigenvalue weighted by Gasteiger charge is 2.22. The maximum atomic E-state index is 6.11. The predicted octanol–water partition coefficient (Wildman–Crippen LogP) is 3.91. The van der Waals surface area contributed by atoms with Gasteiger partial charge in [-0.2, -0.15) is 5.10 Å². The summed E-state index contributed by atoms with van der Waals surface area (Å²) >= 11 is 6.11. The number of benzene rings is 1. The SMILES string of the molecule is Cn1cc(CN2CCC(c3cncc(-c4cccc(Cl)c4)n3)CC2)cn1. The molecule has 0 spiro atoms. The number of rotatable bonds is 4. The van der Waals surface area contributed by atoms with Crippen molar-refractivity contribution in [2.75, 3.05) is 13.1 Å². The molecule has 3 aromatic rings. The Morgan fingerprint density at radius 1 is 1.15 bits per heavy atom. The molecule has 3 heterocycles. The van der Waals surface area contributed by atoms with Gasteiger partial charge in [-0.15, -0.1) is 0 Å². The van der Waals surface area contributed by atoms with E-state index in [0.29, 0.717) is 5.92 Å². The Balaban J connectivity index is 1.42. The Kier molecular flexibility index (Phi) is 5.00. The van der Waals surface area contributed by atoms with Crippen molar-refractivity contribution < 1.29 is 0 Å². The van der Waals surface area contributed by atoms with Crippen LogP contribution in [-0.2, 0) is 13.6 Å². The fourth-order valence-electron chi connectivity index (χ4n) is 3.56. The summed E-state index contributed by atoms with van der Waals surface area (Å²) in [7, 11) is 1.96. The Morgan fingerprint density at radius 3 is 2.73 bits per heavy atom. The van der Waals surface area contributed by atoms with Crippen molar-refractivity contribution >= 4 is 11.6 Å². The van der Waals surface area contributed by atoms with Crippen LogP contribution in [0.2, 0.25) is 5.02 Å². The Hall–Kier alpha value is -2.24. The average Bonchev–Trinajstić information content (AvgIpc) is 3.07. The molecule has 26 heavy (non-hydrogen) atoms. The molecule has 0 N–H and O–H groups in total. The zero-order chi connectivity index (χ0) is 17.9. The highest BCUT2D eigenvalue weighted by atomic mass is 35.5. The summed E-state index contributed by atoms with van der Waals surface area (Å²) in [5.74, 6) is 0.465. The number of hydrogen-bond acceptors (Lipinski definition) is 4. The summed E-state index contributed by atoms with van der Waals surface area (Å²) < 4.78 is 1.86. The second-order valence-electron chi connectivity index (χ2n) is 6.91. The van der Waals surface area contributed by atoms with Crippen molar-refractivity contribution in [3.8, 4) is 11.3 Å². The molecule has 1 aliphatic rings. The molecule has 1 fully saturated rings.